The number of anilines is 1. The summed E-state index contributed by atoms with van der Waals surface area (Å²) in [6.07, 6.45) is -1.99. The number of alkyl halides is 2. The Hall–Kier alpha value is -2.21. The lowest BCUT2D eigenvalue weighted by Crippen LogP contribution is -2.05. The van der Waals surface area contributed by atoms with E-state index in [0.717, 1.165) is 6.20 Å². The molecule has 1 rings (SSSR count). The highest BCUT2D eigenvalue weighted by Gasteiger charge is 2.18. The Morgan fingerprint density at radius 3 is 2.60 bits per heavy atom. The van der Waals surface area contributed by atoms with E-state index in [9.17, 15) is 8.78 Å². The largest absolute Gasteiger partial charge is 0.397 e. The van der Waals surface area contributed by atoms with Gasteiger partial charge in [0, 0.05) is 11.8 Å². The van der Waals surface area contributed by atoms with Crippen LogP contribution in [0.1, 0.15) is 23.2 Å². The van der Waals surface area contributed by atoms with Crippen LogP contribution in [0.2, 0.25) is 0 Å². The van der Waals surface area contributed by atoms with Crippen LogP contribution in [-0.2, 0) is 6.42 Å². The van der Waals surface area contributed by atoms with Crippen molar-refractivity contribution in [1.29, 1.82) is 10.5 Å². The van der Waals surface area contributed by atoms with Gasteiger partial charge in [-0.25, -0.2) is 8.78 Å². The molecule has 1 aromatic heterocycles. The molecule has 1 heterocycles. The fraction of sp³-hybridized carbons (Fsp3) is 0.222. The molecule has 0 bridgehead atoms. The van der Waals surface area contributed by atoms with Crippen LogP contribution in [0.3, 0.4) is 0 Å². The van der Waals surface area contributed by atoms with E-state index in [1.807, 2.05) is 0 Å². The standard InChI is InChI=1S/C9H6F2N4/c10-9(11)8-7(14)6(1-2-12)5(3-13)4-15-8/h4,9H,1,14H2. The summed E-state index contributed by atoms with van der Waals surface area (Å²) in [5.41, 5.74) is 4.72. The van der Waals surface area contributed by atoms with Crippen LogP contribution in [0.4, 0.5) is 14.5 Å². The summed E-state index contributed by atoms with van der Waals surface area (Å²) in [4.78, 5) is 3.38. The minimum Gasteiger partial charge on any atom is -0.397 e. The number of rotatable bonds is 2. The van der Waals surface area contributed by atoms with Crippen molar-refractivity contribution in [3.05, 3.63) is 23.0 Å². The third-order valence-corrected chi connectivity index (χ3v) is 1.84. The predicted octanol–water partition coefficient (Wildman–Crippen LogP) is 1.54. The first kappa shape index (κ1) is 10.9. The Labute approximate surface area is 84.6 Å². The highest BCUT2D eigenvalue weighted by Crippen LogP contribution is 2.27. The van der Waals surface area contributed by atoms with Crippen molar-refractivity contribution in [2.45, 2.75) is 12.8 Å². The molecule has 0 amide bonds. The van der Waals surface area contributed by atoms with E-state index in [1.54, 1.807) is 12.1 Å². The van der Waals surface area contributed by atoms with Gasteiger partial charge in [0.1, 0.15) is 11.8 Å². The molecule has 4 nitrogen and oxygen atoms in total. The van der Waals surface area contributed by atoms with Gasteiger partial charge in [-0.3, -0.25) is 4.98 Å². The van der Waals surface area contributed by atoms with Crippen molar-refractivity contribution in [3.63, 3.8) is 0 Å². The first-order valence-electron chi connectivity index (χ1n) is 3.94. The molecular weight excluding hydrogens is 202 g/mol. The number of nitrogens with two attached hydrogens (primary N) is 1. The molecule has 0 atom stereocenters. The maximum absolute atomic E-state index is 12.4. The number of nitriles is 2. The Morgan fingerprint density at radius 2 is 2.13 bits per heavy atom. The lowest BCUT2D eigenvalue weighted by molar-refractivity contribution is 0.147. The van der Waals surface area contributed by atoms with Crippen molar-refractivity contribution in [3.8, 4) is 12.1 Å². The molecule has 0 fully saturated rings. The maximum Gasteiger partial charge on any atom is 0.282 e. The van der Waals surface area contributed by atoms with E-state index in [-0.39, 0.29) is 23.2 Å². The van der Waals surface area contributed by atoms with Crippen LogP contribution in [0, 0.1) is 22.7 Å². The molecule has 0 radical (unpaired) electrons. The smallest absolute Gasteiger partial charge is 0.282 e. The molecule has 0 aliphatic carbocycles. The summed E-state index contributed by atoms with van der Waals surface area (Å²) in [6.45, 7) is 0. The van der Waals surface area contributed by atoms with Crippen LogP contribution in [0.5, 0.6) is 0 Å². The molecule has 2 N–H and O–H groups in total. The van der Waals surface area contributed by atoms with Gasteiger partial charge < -0.3 is 5.73 Å². The normalized spacial score (nSPS) is 9.67. The van der Waals surface area contributed by atoms with Crippen LogP contribution >= 0.6 is 0 Å². The molecule has 0 aromatic carbocycles. The van der Waals surface area contributed by atoms with E-state index in [2.05, 4.69) is 4.98 Å². The van der Waals surface area contributed by atoms with Gasteiger partial charge in [0.2, 0.25) is 0 Å². The lowest BCUT2D eigenvalue weighted by atomic mass is 10.0. The van der Waals surface area contributed by atoms with E-state index in [1.165, 1.54) is 0 Å². The Balaban J connectivity index is 3.38. The predicted molar refractivity (Wildman–Crippen MR) is 47.6 cm³/mol. The fourth-order valence-electron chi connectivity index (χ4n) is 1.12. The number of hydrogen-bond acceptors (Lipinski definition) is 4. The topological polar surface area (TPSA) is 86.5 Å². The molecule has 0 spiro atoms. The third-order valence-electron chi connectivity index (χ3n) is 1.84. The van der Waals surface area contributed by atoms with Crippen molar-refractivity contribution in [2.75, 3.05) is 5.73 Å². The number of halogens is 2. The summed E-state index contributed by atoms with van der Waals surface area (Å²) < 4.78 is 24.8. The zero-order valence-corrected chi connectivity index (χ0v) is 7.54. The minimum absolute atomic E-state index is 0.0541. The maximum atomic E-state index is 12.4. The van der Waals surface area contributed by atoms with Crippen LogP contribution < -0.4 is 5.73 Å². The minimum atomic E-state index is -2.81. The van der Waals surface area contributed by atoms with Crippen LogP contribution in [0.15, 0.2) is 6.20 Å². The molecule has 6 heteroatoms. The van der Waals surface area contributed by atoms with Gasteiger partial charge in [-0.15, -0.1) is 0 Å². The summed E-state index contributed by atoms with van der Waals surface area (Å²) in [5, 5.41) is 17.1. The zero-order chi connectivity index (χ0) is 11.4. The van der Waals surface area contributed by atoms with Gasteiger partial charge >= 0.3 is 0 Å². The Morgan fingerprint density at radius 1 is 1.47 bits per heavy atom. The molecular formula is C9H6F2N4. The van der Waals surface area contributed by atoms with Crippen molar-refractivity contribution in [2.24, 2.45) is 0 Å². The van der Waals surface area contributed by atoms with Crippen LogP contribution in [0.25, 0.3) is 0 Å². The summed E-state index contributed by atoms with van der Waals surface area (Å²) >= 11 is 0. The highest BCUT2D eigenvalue weighted by atomic mass is 19.3. The molecule has 0 saturated heterocycles. The molecule has 0 aliphatic heterocycles. The number of pyridine rings is 1. The quantitative estimate of drug-likeness (QED) is 0.798. The Kier molecular flexibility index (Phi) is 3.14. The molecule has 0 saturated carbocycles. The second-order valence-corrected chi connectivity index (χ2v) is 2.70. The van der Waals surface area contributed by atoms with Gasteiger partial charge in [-0.1, -0.05) is 0 Å². The van der Waals surface area contributed by atoms with E-state index in [4.69, 9.17) is 16.3 Å². The van der Waals surface area contributed by atoms with E-state index >= 15 is 0 Å². The van der Waals surface area contributed by atoms with Crippen molar-refractivity contribution in [1.82, 2.24) is 4.98 Å². The summed E-state index contributed by atoms with van der Waals surface area (Å²) in [5.74, 6) is 0. The molecule has 76 valence electrons. The average molecular weight is 208 g/mol. The number of hydrogen-bond donors (Lipinski definition) is 1. The zero-order valence-electron chi connectivity index (χ0n) is 7.54. The fourth-order valence-corrected chi connectivity index (χ4v) is 1.12. The second-order valence-electron chi connectivity index (χ2n) is 2.70. The average Bonchev–Trinajstić information content (AvgIpc) is 2.20. The van der Waals surface area contributed by atoms with Gasteiger partial charge in [0.15, 0.2) is 0 Å². The first-order chi connectivity index (χ1) is 7.11. The molecule has 0 aliphatic rings. The highest BCUT2D eigenvalue weighted by molar-refractivity contribution is 5.58. The van der Waals surface area contributed by atoms with Gasteiger partial charge in [0.05, 0.1) is 23.7 Å². The summed E-state index contributed by atoms with van der Waals surface area (Å²) in [7, 11) is 0. The third kappa shape index (κ3) is 2.00. The van der Waals surface area contributed by atoms with E-state index < -0.39 is 12.1 Å². The van der Waals surface area contributed by atoms with Gasteiger partial charge in [-0.05, 0) is 0 Å². The number of nitrogens with zero attached hydrogens (tertiary/aromatic N) is 3. The monoisotopic (exact) mass is 208 g/mol. The first-order valence-corrected chi connectivity index (χ1v) is 3.94. The van der Waals surface area contributed by atoms with E-state index in [0.29, 0.717) is 0 Å². The summed E-state index contributed by atoms with van der Waals surface area (Å²) in [6, 6.07) is 3.51. The van der Waals surface area contributed by atoms with Crippen LogP contribution in [-0.4, -0.2) is 4.98 Å². The lowest BCUT2D eigenvalue weighted by Gasteiger charge is -2.08. The second kappa shape index (κ2) is 4.34. The van der Waals surface area contributed by atoms with Crippen molar-refractivity contribution < 1.29 is 8.78 Å². The van der Waals surface area contributed by atoms with Gasteiger partial charge in [0.25, 0.3) is 6.43 Å². The SMILES string of the molecule is N#CCc1c(C#N)cnc(C(F)F)c1N. The molecule has 1 aromatic rings. The number of nitrogen functional groups attached to an aromatic ring is 1. The van der Waals surface area contributed by atoms with Gasteiger partial charge in [-0.2, -0.15) is 10.5 Å². The Bertz CT molecular complexity index is 456. The molecule has 0 unspecified atom stereocenters. The number of aromatic nitrogens is 1. The van der Waals surface area contributed by atoms with Crippen molar-refractivity contribution >= 4 is 5.69 Å². The molecule has 15 heavy (non-hydrogen) atoms.